The van der Waals surface area contributed by atoms with Crippen molar-refractivity contribution < 1.29 is 14.6 Å². The van der Waals surface area contributed by atoms with E-state index in [4.69, 9.17) is 21.4 Å². The van der Waals surface area contributed by atoms with Gasteiger partial charge >= 0.3 is 5.97 Å². The Bertz CT molecular complexity index is 798. The summed E-state index contributed by atoms with van der Waals surface area (Å²) < 4.78 is 5.41. The van der Waals surface area contributed by atoms with Crippen LogP contribution in [-0.4, -0.2) is 26.5 Å². The average molecular weight is 316 g/mol. The molecule has 0 atom stereocenters. The molecule has 0 amide bonds. The van der Waals surface area contributed by atoms with E-state index in [-0.39, 0.29) is 11.6 Å². The number of carbonyl (C=O) groups is 1. The Morgan fingerprint density at radius 3 is 2.23 bits per heavy atom. The van der Waals surface area contributed by atoms with Crippen LogP contribution in [0.3, 0.4) is 0 Å². The number of aromatic carboxylic acids is 1. The third-order valence-electron chi connectivity index (χ3n) is 2.98. The average Bonchev–Trinajstić information content (AvgIpc) is 2.97. The van der Waals surface area contributed by atoms with E-state index >= 15 is 0 Å². The summed E-state index contributed by atoms with van der Waals surface area (Å²) in [6.07, 6.45) is 0. The number of carboxylic acids is 1. The minimum absolute atomic E-state index is 0.0771. The molecule has 3 rings (SSSR count). The highest BCUT2D eigenvalue weighted by atomic mass is 35.5. The Balaban J connectivity index is 1.81. The summed E-state index contributed by atoms with van der Waals surface area (Å²) >= 11 is 5.86. The minimum atomic E-state index is -1.18. The molecule has 7 heteroatoms. The summed E-state index contributed by atoms with van der Waals surface area (Å²) in [5, 5.41) is 18.9. The maximum atomic E-state index is 10.9. The smallest absolute Gasteiger partial charge is 0.359 e. The lowest BCUT2D eigenvalue weighted by Crippen LogP contribution is -1.99. The molecular formula is C15H10ClN3O3. The standard InChI is InChI=1S/C15H10ClN3O3/c16-11-5-1-9(2-6-11)10-3-7-12(8-4-10)22-14-13(15(20)21)17-19-18-14/h1-8H,(H,20,21)(H,17,18,19). The molecule has 0 spiro atoms. The first-order chi connectivity index (χ1) is 10.6. The molecule has 1 aromatic heterocycles. The van der Waals surface area contributed by atoms with Gasteiger partial charge in [0.2, 0.25) is 5.69 Å². The molecule has 0 aliphatic carbocycles. The van der Waals surface area contributed by atoms with Crippen LogP contribution in [0.25, 0.3) is 11.1 Å². The van der Waals surface area contributed by atoms with Crippen molar-refractivity contribution >= 4 is 17.6 Å². The highest BCUT2D eigenvalue weighted by molar-refractivity contribution is 6.30. The number of halogens is 1. The number of ether oxygens (including phenoxy) is 1. The summed E-state index contributed by atoms with van der Waals surface area (Å²) in [7, 11) is 0. The van der Waals surface area contributed by atoms with Gasteiger partial charge in [0, 0.05) is 5.02 Å². The van der Waals surface area contributed by atoms with Crippen molar-refractivity contribution in [3.05, 3.63) is 59.2 Å². The van der Waals surface area contributed by atoms with Crippen LogP contribution in [0.2, 0.25) is 5.02 Å². The van der Waals surface area contributed by atoms with Crippen LogP contribution in [0.4, 0.5) is 0 Å². The number of benzene rings is 2. The molecule has 0 aliphatic heterocycles. The summed E-state index contributed by atoms with van der Waals surface area (Å²) in [6.45, 7) is 0. The fourth-order valence-corrected chi connectivity index (χ4v) is 2.02. The Hall–Kier alpha value is -2.86. The van der Waals surface area contributed by atoms with Crippen molar-refractivity contribution in [2.75, 3.05) is 0 Å². The van der Waals surface area contributed by atoms with Gasteiger partial charge in [0.15, 0.2) is 0 Å². The van der Waals surface area contributed by atoms with Gasteiger partial charge in [-0.15, -0.1) is 0 Å². The zero-order chi connectivity index (χ0) is 15.5. The molecule has 3 aromatic rings. The molecule has 6 nitrogen and oxygen atoms in total. The lowest BCUT2D eigenvalue weighted by Gasteiger charge is -2.05. The molecule has 110 valence electrons. The lowest BCUT2D eigenvalue weighted by molar-refractivity contribution is 0.0687. The number of rotatable bonds is 4. The van der Waals surface area contributed by atoms with Gasteiger partial charge in [0.05, 0.1) is 0 Å². The zero-order valence-corrected chi connectivity index (χ0v) is 11.9. The van der Waals surface area contributed by atoms with Gasteiger partial charge in [-0.3, -0.25) is 0 Å². The number of carboxylic acid groups (broad SMARTS) is 1. The van der Waals surface area contributed by atoms with Crippen LogP contribution in [0.5, 0.6) is 11.6 Å². The van der Waals surface area contributed by atoms with Crippen LogP contribution in [0.15, 0.2) is 48.5 Å². The molecule has 2 N–H and O–H groups in total. The van der Waals surface area contributed by atoms with E-state index in [0.717, 1.165) is 11.1 Å². The first-order valence-corrected chi connectivity index (χ1v) is 6.69. The lowest BCUT2D eigenvalue weighted by atomic mass is 10.1. The Morgan fingerprint density at radius 2 is 1.64 bits per heavy atom. The minimum Gasteiger partial charge on any atom is -0.476 e. The third-order valence-corrected chi connectivity index (χ3v) is 3.23. The molecule has 0 saturated heterocycles. The topological polar surface area (TPSA) is 88.1 Å². The van der Waals surface area contributed by atoms with Crippen LogP contribution >= 0.6 is 11.6 Å². The molecule has 0 fully saturated rings. The highest BCUT2D eigenvalue weighted by Gasteiger charge is 2.16. The first kappa shape index (κ1) is 14.1. The maximum Gasteiger partial charge on any atom is 0.359 e. The van der Waals surface area contributed by atoms with Crippen molar-refractivity contribution in [3.8, 4) is 22.8 Å². The fourth-order valence-electron chi connectivity index (χ4n) is 1.90. The summed E-state index contributed by atoms with van der Waals surface area (Å²) in [5.74, 6) is -0.793. The van der Waals surface area contributed by atoms with Crippen LogP contribution in [-0.2, 0) is 0 Å². The van der Waals surface area contributed by atoms with Crippen LogP contribution in [0.1, 0.15) is 10.5 Å². The Morgan fingerprint density at radius 1 is 1.05 bits per heavy atom. The van der Waals surface area contributed by atoms with E-state index in [2.05, 4.69) is 15.4 Å². The summed E-state index contributed by atoms with van der Waals surface area (Å²) in [6, 6.07) is 14.6. The largest absolute Gasteiger partial charge is 0.476 e. The zero-order valence-electron chi connectivity index (χ0n) is 11.2. The molecular weight excluding hydrogens is 306 g/mol. The van der Waals surface area contributed by atoms with Crippen LogP contribution in [0, 0.1) is 0 Å². The molecule has 22 heavy (non-hydrogen) atoms. The third kappa shape index (κ3) is 2.91. The van der Waals surface area contributed by atoms with E-state index in [1.807, 2.05) is 36.4 Å². The van der Waals surface area contributed by atoms with Gasteiger partial charge in [0.1, 0.15) is 5.75 Å². The molecule has 0 unspecified atom stereocenters. The van der Waals surface area contributed by atoms with Gasteiger partial charge < -0.3 is 9.84 Å². The molecule has 1 heterocycles. The Labute approximate surface area is 130 Å². The number of nitrogens with one attached hydrogen (secondary N) is 1. The first-order valence-electron chi connectivity index (χ1n) is 6.31. The van der Waals surface area contributed by atoms with Gasteiger partial charge in [0.25, 0.3) is 5.88 Å². The van der Waals surface area contributed by atoms with Crippen molar-refractivity contribution in [2.45, 2.75) is 0 Å². The van der Waals surface area contributed by atoms with E-state index in [1.54, 1.807) is 12.1 Å². The van der Waals surface area contributed by atoms with Crippen molar-refractivity contribution in [2.24, 2.45) is 0 Å². The second-order valence-electron chi connectivity index (χ2n) is 4.43. The number of hydrogen-bond donors (Lipinski definition) is 2. The van der Waals surface area contributed by atoms with E-state index in [0.29, 0.717) is 10.8 Å². The molecule has 0 bridgehead atoms. The predicted molar refractivity (Wildman–Crippen MR) is 80.3 cm³/mol. The number of H-pyrrole nitrogens is 1. The second kappa shape index (κ2) is 5.87. The molecule has 2 aromatic carbocycles. The maximum absolute atomic E-state index is 10.9. The van der Waals surface area contributed by atoms with E-state index < -0.39 is 5.97 Å². The SMILES string of the molecule is O=C(O)c1[nH]nnc1Oc1ccc(-c2ccc(Cl)cc2)cc1. The van der Waals surface area contributed by atoms with Crippen molar-refractivity contribution in [3.63, 3.8) is 0 Å². The van der Waals surface area contributed by atoms with E-state index in [1.165, 1.54) is 0 Å². The van der Waals surface area contributed by atoms with Crippen molar-refractivity contribution in [1.82, 2.24) is 15.4 Å². The van der Waals surface area contributed by atoms with Crippen molar-refractivity contribution in [1.29, 1.82) is 0 Å². The normalized spacial score (nSPS) is 10.4. The quantitative estimate of drug-likeness (QED) is 0.767. The highest BCUT2D eigenvalue weighted by Crippen LogP contribution is 2.26. The van der Waals surface area contributed by atoms with Gasteiger partial charge in [-0.2, -0.15) is 0 Å². The molecule has 0 aliphatic rings. The number of hydrogen-bond acceptors (Lipinski definition) is 4. The molecule has 0 radical (unpaired) electrons. The summed E-state index contributed by atoms with van der Waals surface area (Å²) in [5.41, 5.74) is 1.81. The van der Waals surface area contributed by atoms with Gasteiger partial charge in [-0.25, -0.2) is 9.89 Å². The van der Waals surface area contributed by atoms with Crippen LogP contribution < -0.4 is 4.74 Å². The summed E-state index contributed by atoms with van der Waals surface area (Å²) in [4.78, 5) is 10.9. The fraction of sp³-hybridized carbons (Fsp3) is 0. The van der Waals surface area contributed by atoms with E-state index in [9.17, 15) is 4.79 Å². The predicted octanol–water partition coefficient (Wildman–Crippen LogP) is 3.62. The monoisotopic (exact) mass is 315 g/mol. The van der Waals surface area contributed by atoms with Gasteiger partial charge in [-0.1, -0.05) is 46.2 Å². The number of aromatic amines is 1. The number of aromatic nitrogens is 3. The Kier molecular flexibility index (Phi) is 3.76. The van der Waals surface area contributed by atoms with Gasteiger partial charge in [-0.05, 0) is 35.4 Å². The molecule has 0 saturated carbocycles. The second-order valence-corrected chi connectivity index (χ2v) is 4.87. The number of nitrogens with zero attached hydrogens (tertiary/aromatic N) is 2.